The van der Waals surface area contributed by atoms with E-state index in [4.69, 9.17) is 9.84 Å². The number of hydrogen-bond acceptors (Lipinski definition) is 5. The summed E-state index contributed by atoms with van der Waals surface area (Å²) in [4.78, 5) is 14.7. The molecule has 0 spiro atoms. The Morgan fingerprint density at radius 3 is 2.66 bits per heavy atom. The minimum atomic E-state index is -1.21. The largest absolute Gasteiger partial charge is 0.478 e. The Labute approximate surface area is 197 Å². The first-order valence-corrected chi connectivity index (χ1v) is 13.5. The third-order valence-electron chi connectivity index (χ3n) is 6.00. The van der Waals surface area contributed by atoms with Crippen LogP contribution in [0.15, 0.2) is 64.6 Å². The molecule has 0 radical (unpaired) electrons. The van der Waals surface area contributed by atoms with Crippen LogP contribution in [0, 0.1) is 5.41 Å². The average Bonchev–Trinajstić information content (AvgIpc) is 2.92. The summed E-state index contributed by atoms with van der Waals surface area (Å²) in [7, 11) is -1.21. The highest BCUT2D eigenvalue weighted by atomic mass is 32.2. The van der Waals surface area contributed by atoms with Crippen molar-refractivity contribution in [2.45, 2.75) is 49.3 Å². The zero-order valence-corrected chi connectivity index (χ0v) is 20.5. The maximum absolute atomic E-state index is 13.7. The highest BCUT2D eigenvalue weighted by Gasteiger charge is 2.38. The van der Waals surface area contributed by atoms with E-state index in [1.54, 1.807) is 0 Å². The van der Waals surface area contributed by atoms with Crippen LogP contribution in [-0.2, 0) is 15.6 Å². The van der Waals surface area contributed by atoms with Crippen molar-refractivity contribution in [3.05, 3.63) is 54.8 Å². The van der Waals surface area contributed by atoms with Gasteiger partial charge in [-0.25, -0.2) is 4.79 Å². The first kappa shape index (κ1) is 24.4. The Balaban J connectivity index is 2.14. The van der Waals surface area contributed by atoms with Gasteiger partial charge in [-0.2, -0.15) is 0 Å². The molecule has 1 aliphatic heterocycles. The molecule has 3 rings (SSSR count). The molecule has 7 heteroatoms. The van der Waals surface area contributed by atoms with E-state index in [-0.39, 0.29) is 5.41 Å². The van der Waals surface area contributed by atoms with Crippen molar-refractivity contribution in [2.75, 3.05) is 23.5 Å². The Kier molecular flexibility index (Phi) is 8.43. The number of carboxylic acid groups (broad SMARTS) is 1. The fourth-order valence-corrected chi connectivity index (χ4v) is 6.43. The van der Waals surface area contributed by atoms with E-state index in [2.05, 4.69) is 30.9 Å². The molecular weight excluding hydrogens is 442 g/mol. The SMILES string of the molecule is CCCCC1(CC)CN(c2ccccc2)c2cc(SC)c(O/C=C\C(=O)O)cc2S(=O)C1. The normalized spacial score (nSPS) is 20.7. The zero-order chi connectivity index (χ0) is 23.1. The zero-order valence-electron chi connectivity index (χ0n) is 18.9. The molecule has 1 aliphatic rings. The highest BCUT2D eigenvalue weighted by molar-refractivity contribution is 7.98. The van der Waals surface area contributed by atoms with E-state index >= 15 is 0 Å². The van der Waals surface area contributed by atoms with Crippen LogP contribution in [0.25, 0.3) is 0 Å². The number of unbranched alkanes of at least 4 members (excludes halogenated alkanes) is 1. The van der Waals surface area contributed by atoms with Gasteiger partial charge < -0.3 is 14.7 Å². The van der Waals surface area contributed by atoms with Crippen LogP contribution in [-0.4, -0.2) is 33.8 Å². The average molecular weight is 474 g/mol. The second-order valence-corrected chi connectivity index (χ2v) is 10.4. The highest BCUT2D eigenvalue weighted by Crippen LogP contribution is 2.46. The van der Waals surface area contributed by atoms with Crippen molar-refractivity contribution >= 4 is 39.9 Å². The van der Waals surface area contributed by atoms with Crippen LogP contribution in [0.4, 0.5) is 11.4 Å². The number of benzene rings is 2. The Hall–Kier alpha value is -2.25. The molecule has 0 aliphatic carbocycles. The summed E-state index contributed by atoms with van der Waals surface area (Å²) in [6.45, 7) is 5.20. The molecule has 0 saturated heterocycles. The standard InChI is InChI=1S/C25H31NO4S2/c1-4-6-13-25(5-2)17-26(19-10-8-7-9-11-19)20-15-22(31-3)21(30-14-12-24(27)28)16-23(20)32(29)18-25/h7-12,14-16H,4-6,13,17-18H2,1-3H3,(H,27,28)/b14-12-. The summed E-state index contributed by atoms with van der Waals surface area (Å²) < 4.78 is 19.3. The molecule has 2 atom stereocenters. The van der Waals surface area contributed by atoms with Gasteiger partial charge in [-0.15, -0.1) is 11.8 Å². The Morgan fingerprint density at radius 2 is 2.03 bits per heavy atom. The van der Waals surface area contributed by atoms with Crippen molar-refractivity contribution in [3.8, 4) is 5.75 Å². The van der Waals surface area contributed by atoms with E-state index in [0.29, 0.717) is 11.5 Å². The molecule has 2 aromatic carbocycles. The smallest absolute Gasteiger partial charge is 0.331 e. The quantitative estimate of drug-likeness (QED) is 0.264. The van der Waals surface area contributed by atoms with E-state index in [1.807, 2.05) is 36.6 Å². The number of fused-ring (bicyclic) bond motifs is 1. The number of aliphatic carboxylic acids is 1. The lowest BCUT2D eigenvalue weighted by Crippen LogP contribution is -2.37. The summed E-state index contributed by atoms with van der Waals surface area (Å²) in [6, 6.07) is 14.1. The maximum Gasteiger partial charge on any atom is 0.331 e. The lowest BCUT2D eigenvalue weighted by Gasteiger charge is -2.36. The van der Waals surface area contributed by atoms with Gasteiger partial charge in [-0.05, 0) is 42.7 Å². The summed E-state index contributed by atoms with van der Waals surface area (Å²) in [6.07, 6.45) is 8.27. The first-order valence-electron chi connectivity index (χ1n) is 10.9. The van der Waals surface area contributed by atoms with E-state index in [1.165, 1.54) is 11.8 Å². The number of hydrogen-bond donors (Lipinski definition) is 1. The Bertz CT molecular complexity index is 993. The van der Waals surface area contributed by atoms with Crippen molar-refractivity contribution in [1.82, 2.24) is 0 Å². The van der Waals surface area contributed by atoms with E-state index < -0.39 is 16.8 Å². The number of thioether (sulfide) groups is 1. The van der Waals surface area contributed by atoms with Gasteiger partial charge in [0.1, 0.15) is 5.75 Å². The molecule has 2 unspecified atom stereocenters. The topological polar surface area (TPSA) is 66.8 Å². The van der Waals surface area contributed by atoms with Gasteiger partial charge >= 0.3 is 5.97 Å². The monoisotopic (exact) mass is 473 g/mol. The number of para-hydroxylation sites is 1. The predicted molar refractivity (Wildman–Crippen MR) is 133 cm³/mol. The summed E-state index contributed by atoms with van der Waals surface area (Å²) in [5.74, 6) is 0.0451. The van der Waals surface area contributed by atoms with E-state index in [0.717, 1.165) is 65.7 Å². The van der Waals surface area contributed by atoms with Crippen molar-refractivity contribution in [2.24, 2.45) is 5.41 Å². The van der Waals surface area contributed by atoms with Gasteiger partial charge in [0, 0.05) is 24.1 Å². The minimum Gasteiger partial charge on any atom is -0.478 e. The molecule has 5 nitrogen and oxygen atoms in total. The van der Waals surface area contributed by atoms with Crippen LogP contribution < -0.4 is 9.64 Å². The molecular formula is C25H31NO4S2. The second kappa shape index (κ2) is 11.1. The van der Waals surface area contributed by atoms with Crippen LogP contribution in [0.1, 0.15) is 39.5 Å². The molecule has 0 saturated carbocycles. The van der Waals surface area contributed by atoms with Gasteiger partial charge in [0.2, 0.25) is 0 Å². The fraction of sp³-hybridized carbons (Fsp3) is 0.400. The third kappa shape index (κ3) is 5.56. The lowest BCUT2D eigenvalue weighted by molar-refractivity contribution is -0.131. The van der Waals surface area contributed by atoms with Gasteiger partial charge in [0.05, 0.1) is 38.6 Å². The van der Waals surface area contributed by atoms with Crippen LogP contribution in [0.5, 0.6) is 5.75 Å². The van der Waals surface area contributed by atoms with Gasteiger partial charge in [-0.1, -0.05) is 44.9 Å². The molecule has 32 heavy (non-hydrogen) atoms. The molecule has 0 amide bonds. The number of rotatable bonds is 9. The molecule has 0 aromatic heterocycles. The lowest BCUT2D eigenvalue weighted by atomic mass is 9.81. The second-order valence-electron chi connectivity index (χ2n) is 8.10. The summed E-state index contributed by atoms with van der Waals surface area (Å²) >= 11 is 1.52. The molecule has 1 N–H and O–H groups in total. The predicted octanol–water partition coefficient (Wildman–Crippen LogP) is 6.23. The van der Waals surface area contributed by atoms with Gasteiger partial charge in [0.25, 0.3) is 0 Å². The Morgan fingerprint density at radius 1 is 1.28 bits per heavy atom. The maximum atomic E-state index is 13.7. The summed E-state index contributed by atoms with van der Waals surface area (Å²) in [5.41, 5.74) is 1.95. The number of carboxylic acids is 1. The first-order chi connectivity index (χ1) is 15.4. The van der Waals surface area contributed by atoms with Gasteiger partial charge in [0.15, 0.2) is 0 Å². The van der Waals surface area contributed by atoms with Crippen molar-refractivity contribution < 1.29 is 18.8 Å². The van der Waals surface area contributed by atoms with Crippen LogP contribution in [0.2, 0.25) is 0 Å². The third-order valence-corrected chi connectivity index (χ3v) is 8.45. The molecule has 172 valence electrons. The van der Waals surface area contributed by atoms with Gasteiger partial charge in [-0.3, -0.25) is 4.21 Å². The number of ether oxygens (including phenoxy) is 1. The minimum absolute atomic E-state index is 0.0561. The van der Waals surface area contributed by atoms with Crippen LogP contribution >= 0.6 is 11.8 Å². The number of anilines is 2. The van der Waals surface area contributed by atoms with Crippen LogP contribution in [0.3, 0.4) is 0 Å². The van der Waals surface area contributed by atoms with Crippen molar-refractivity contribution in [1.29, 1.82) is 0 Å². The molecule has 0 fully saturated rings. The fourth-order valence-electron chi connectivity index (χ4n) is 4.10. The molecule has 2 aromatic rings. The number of carbonyl (C=O) groups is 1. The summed E-state index contributed by atoms with van der Waals surface area (Å²) in [5, 5.41) is 8.88. The number of nitrogens with zero attached hydrogens (tertiary/aromatic N) is 1. The van der Waals surface area contributed by atoms with Crippen molar-refractivity contribution in [3.63, 3.8) is 0 Å². The molecule has 0 bridgehead atoms. The van der Waals surface area contributed by atoms with E-state index in [9.17, 15) is 9.00 Å². The molecule has 1 heterocycles.